The molecule has 1 fully saturated rings. The molecule has 8 unspecified atom stereocenters. The van der Waals surface area contributed by atoms with Crippen molar-refractivity contribution in [3.05, 3.63) is 58.1 Å². The summed E-state index contributed by atoms with van der Waals surface area (Å²) < 4.78 is 5.74. The average Bonchev–Trinajstić information content (AvgIpc) is 2.80. The van der Waals surface area contributed by atoms with E-state index in [1.807, 2.05) is 49.4 Å². The second-order valence-electron chi connectivity index (χ2n) is 7.57. The number of methoxy groups -OCH3 is 1. The Bertz CT molecular complexity index is 1040. The molecule has 37 heavy (non-hydrogen) atoms. The van der Waals surface area contributed by atoms with Gasteiger partial charge in [-0.25, -0.2) is 0 Å². The fourth-order valence-electron chi connectivity index (χ4n) is 2.90. The van der Waals surface area contributed by atoms with Crippen molar-refractivity contribution >= 4 is 131 Å². The van der Waals surface area contributed by atoms with Gasteiger partial charge in [-0.3, -0.25) is 4.79 Å². The molecule has 1 saturated heterocycles. The maximum Gasteiger partial charge on any atom is 0.312 e. The summed E-state index contributed by atoms with van der Waals surface area (Å²) in [4.78, 5) is 13.3. The van der Waals surface area contributed by atoms with Gasteiger partial charge >= 0.3 is 5.97 Å². The Kier molecular flexibility index (Phi) is 20.2. The molecule has 0 spiro atoms. The molecule has 17 heteroatoms. The lowest BCUT2D eigenvalue weighted by Gasteiger charge is -2.39. The molecular weight excluding hydrogens is 752 g/mol. The maximum absolute atomic E-state index is 11.2. The third-order valence-electron chi connectivity index (χ3n) is 4.79. The first-order valence-corrected chi connectivity index (χ1v) is 32.1. The zero-order chi connectivity index (χ0) is 28.3. The van der Waals surface area contributed by atoms with E-state index in [1.165, 1.54) is 7.11 Å². The Labute approximate surface area is 252 Å². The number of carbonyl (C=O) groups is 1. The molecule has 0 aromatic heterocycles. The van der Waals surface area contributed by atoms with Gasteiger partial charge in [-0.1, -0.05) is 34.0 Å². The van der Waals surface area contributed by atoms with Crippen molar-refractivity contribution in [2.45, 2.75) is 6.92 Å². The van der Waals surface area contributed by atoms with Crippen LogP contribution in [-0.2, 0) is 9.53 Å². The first kappa shape index (κ1) is 37.7. The zero-order valence-electron chi connectivity index (χ0n) is 20.6. The largest absolute Gasteiger partial charge is 0.469 e. The van der Waals surface area contributed by atoms with Crippen LogP contribution in [0.1, 0.15) is 11.1 Å². The van der Waals surface area contributed by atoms with Crippen molar-refractivity contribution in [2.24, 2.45) is 5.92 Å². The number of aryl methyl sites for hydroxylation is 1. The number of nitrogen functional groups attached to an aromatic ring is 1. The Morgan fingerprint density at radius 3 is 2.05 bits per heavy atom. The Morgan fingerprint density at radius 1 is 1.05 bits per heavy atom. The second-order valence-corrected chi connectivity index (χ2v) is 53.4. The molecule has 0 saturated carbocycles. The maximum atomic E-state index is 11.2. The molecule has 0 radical (unpaired) electrons. The summed E-state index contributed by atoms with van der Waals surface area (Å²) in [7, 11) is 22.4. The number of benzene rings is 2. The lowest BCUT2D eigenvalue weighted by Crippen LogP contribution is -2.50. The Balaban J connectivity index is 0.000000284. The Morgan fingerprint density at radius 2 is 1.65 bits per heavy atom. The number of terminal acetylenes is 1. The molecule has 2 N–H and O–H groups in total. The highest BCUT2D eigenvalue weighted by Gasteiger charge is 2.33. The SMILES string of the molecule is C#Cc1cc(C)ccc1N.COC(=O)C1CN(c2cccc(Br)c2)C1.PP(P)P(P)P(P(P)P)P(P)P. The van der Waals surface area contributed by atoms with Crippen molar-refractivity contribution in [3.8, 4) is 12.3 Å². The summed E-state index contributed by atoms with van der Waals surface area (Å²) in [6.07, 6.45) is 5.19. The van der Waals surface area contributed by atoms with E-state index in [4.69, 9.17) is 12.2 Å². The summed E-state index contributed by atoms with van der Waals surface area (Å²) in [6.45, 7) is 4.19. The third kappa shape index (κ3) is 13.7. The smallest absolute Gasteiger partial charge is 0.312 e. The van der Waals surface area contributed by atoms with Crippen molar-refractivity contribution in [3.63, 3.8) is 0 Å². The van der Waals surface area contributed by atoms with Crippen LogP contribution >= 0.6 is 113 Å². The van der Waals surface area contributed by atoms with Crippen LogP contribution in [0.5, 0.6) is 0 Å². The monoisotopic (exact) mass is 786 g/mol. The normalized spacial score (nSPS) is 13.8. The zero-order valence-corrected chi connectivity index (χ0v) is 34.7. The molecule has 4 nitrogen and oxygen atoms in total. The molecule has 1 aliphatic heterocycles. The van der Waals surface area contributed by atoms with Gasteiger partial charge in [0.2, 0.25) is 0 Å². The van der Waals surface area contributed by atoms with Crippen LogP contribution in [0.3, 0.4) is 0 Å². The highest BCUT2D eigenvalue weighted by atomic mass is 79.9. The number of ether oxygens (including phenoxy) is 1. The molecular formula is C20H35BrN2O2P12. The van der Waals surface area contributed by atoms with Crippen LogP contribution in [0, 0.1) is 25.2 Å². The molecule has 3 rings (SSSR count). The number of nitrogens with two attached hydrogens (primary N) is 1. The number of nitrogens with zero attached hydrogens (tertiary/aromatic N) is 1. The number of hydrogen-bond acceptors (Lipinski definition) is 4. The van der Waals surface area contributed by atoms with Gasteiger partial charge in [0.1, 0.15) is 0 Å². The van der Waals surface area contributed by atoms with E-state index in [-0.39, 0.29) is 46.8 Å². The second kappa shape index (κ2) is 19.8. The molecule has 204 valence electrons. The minimum absolute atomic E-state index is 0.0361. The van der Waals surface area contributed by atoms with E-state index in [0.29, 0.717) is 5.69 Å². The topological polar surface area (TPSA) is 55.6 Å². The van der Waals surface area contributed by atoms with Crippen LogP contribution < -0.4 is 10.6 Å². The molecule has 1 aliphatic rings. The molecule has 2 aromatic rings. The number of carbonyl (C=O) groups excluding carboxylic acids is 1. The first-order valence-electron chi connectivity index (χ1n) is 10.5. The van der Waals surface area contributed by atoms with Gasteiger partial charge in [-0.2, -0.15) is 0 Å². The number of esters is 1. The van der Waals surface area contributed by atoms with Crippen molar-refractivity contribution in [1.82, 2.24) is 0 Å². The van der Waals surface area contributed by atoms with Gasteiger partial charge in [-0.15, -0.1) is 68.9 Å². The molecule has 1 heterocycles. The van der Waals surface area contributed by atoms with E-state index < -0.39 is 0 Å². The minimum Gasteiger partial charge on any atom is -0.469 e. The third-order valence-corrected chi connectivity index (χ3v) is 71.9. The predicted octanol–water partition coefficient (Wildman–Crippen LogP) is 10.2. The van der Waals surface area contributed by atoms with E-state index >= 15 is 0 Å². The summed E-state index contributed by atoms with van der Waals surface area (Å²) in [6, 6.07) is 13.7. The van der Waals surface area contributed by atoms with Crippen LogP contribution in [-0.4, -0.2) is 26.2 Å². The van der Waals surface area contributed by atoms with E-state index in [1.54, 1.807) is 0 Å². The fourth-order valence-corrected chi connectivity index (χ4v) is 106. The number of hydrogen-bond donors (Lipinski definition) is 1. The summed E-state index contributed by atoms with van der Waals surface area (Å²) >= 11 is 3.42. The molecule has 0 bridgehead atoms. The van der Waals surface area contributed by atoms with Crippen LogP contribution in [0.4, 0.5) is 11.4 Å². The molecule has 0 amide bonds. The van der Waals surface area contributed by atoms with Crippen LogP contribution in [0.2, 0.25) is 0 Å². The highest BCUT2D eigenvalue weighted by molar-refractivity contribution is 9.21. The van der Waals surface area contributed by atoms with Gasteiger partial charge in [0.25, 0.3) is 0 Å². The van der Waals surface area contributed by atoms with E-state index in [9.17, 15) is 4.79 Å². The number of halogens is 1. The van der Waals surface area contributed by atoms with Crippen LogP contribution in [0.15, 0.2) is 46.9 Å². The fraction of sp³-hybridized carbons (Fsp3) is 0.250. The lowest BCUT2D eigenvalue weighted by molar-refractivity contribution is -0.146. The van der Waals surface area contributed by atoms with Crippen LogP contribution in [0.25, 0.3) is 0 Å². The van der Waals surface area contributed by atoms with E-state index in [2.05, 4.69) is 94.0 Å². The van der Waals surface area contributed by atoms with Gasteiger partial charge in [0.15, 0.2) is 0 Å². The summed E-state index contributed by atoms with van der Waals surface area (Å²) in [5.74, 6) is 2.44. The van der Waals surface area contributed by atoms with E-state index in [0.717, 1.165) is 34.4 Å². The predicted molar refractivity (Wildman–Crippen MR) is 208 cm³/mol. The number of rotatable bonds is 6. The van der Waals surface area contributed by atoms with Crippen molar-refractivity contribution in [1.29, 1.82) is 0 Å². The molecule has 2 aromatic carbocycles. The molecule has 8 atom stereocenters. The summed E-state index contributed by atoms with van der Waals surface area (Å²) in [5, 5.41) is 0. The Hall–Kier alpha value is 2.71. The van der Waals surface area contributed by atoms with Crippen molar-refractivity contribution in [2.75, 3.05) is 30.8 Å². The average molecular weight is 787 g/mol. The van der Waals surface area contributed by atoms with Gasteiger partial charge < -0.3 is 15.4 Å². The van der Waals surface area contributed by atoms with Crippen molar-refractivity contribution < 1.29 is 9.53 Å². The molecule has 0 aliphatic carbocycles. The minimum atomic E-state index is -0.110. The standard InChI is InChI=1S/C11H12BrNO2.C9H9N.H14P12/c1-15-11(14)8-6-13(7-8)10-4-2-3-9(12)5-10;1-3-8-6-7(2)4-5-9(8)10;1-8(2)11(7)12(9(3)4)10(5)6/h2-5,8H,6-7H2,1H3;1,4-6H,10H2,2H3;1-7H2. The number of anilines is 2. The quantitative estimate of drug-likeness (QED) is 0.137. The first-order chi connectivity index (χ1) is 17.3. The highest BCUT2D eigenvalue weighted by Crippen LogP contribution is 3.16. The summed E-state index contributed by atoms with van der Waals surface area (Å²) in [5.41, 5.74) is 9.29. The van der Waals surface area contributed by atoms with Gasteiger partial charge in [0, 0.05) is 34.5 Å². The van der Waals surface area contributed by atoms with Gasteiger partial charge in [-0.05, 0) is 77.8 Å². The van der Waals surface area contributed by atoms with Gasteiger partial charge in [0.05, 0.1) is 13.0 Å². The lowest BCUT2D eigenvalue weighted by atomic mass is 9.99.